The summed E-state index contributed by atoms with van der Waals surface area (Å²) in [5, 5.41) is 12.4. The molecule has 1 aromatic carbocycles. The zero-order chi connectivity index (χ0) is 16.3. The molecule has 1 aliphatic rings. The fraction of sp³-hybridized carbons (Fsp3) is 0.562. The van der Waals surface area contributed by atoms with Crippen molar-refractivity contribution < 1.29 is 19.4 Å². The van der Waals surface area contributed by atoms with Crippen LogP contribution in [0.5, 0.6) is 11.5 Å². The standard InChI is InChI=1S/C16H24N2O4/c1-10(2)15-13(21-3)7-11(8-14(15)22-4)17-16(20)18-6-5-12(19)9-18/h7-8,10,12,19H,5-6,9H2,1-4H3,(H,17,20)/t12-/m1/s1. The maximum atomic E-state index is 12.2. The van der Waals surface area contributed by atoms with E-state index in [1.54, 1.807) is 31.3 Å². The monoisotopic (exact) mass is 308 g/mol. The van der Waals surface area contributed by atoms with Gasteiger partial charge in [0, 0.05) is 36.5 Å². The molecule has 122 valence electrons. The van der Waals surface area contributed by atoms with Crippen LogP contribution in [0.3, 0.4) is 0 Å². The first-order valence-electron chi connectivity index (χ1n) is 7.46. The largest absolute Gasteiger partial charge is 0.496 e. The topological polar surface area (TPSA) is 71.0 Å². The Morgan fingerprint density at radius 3 is 2.32 bits per heavy atom. The molecule has 1 saturated heterocycles. The molecule has 0 unspecified atom stereocenters. The van der Waals surface area contributed by atoms with Crippen LogP contribution in [-0.4, -0.2) is 49.5 Å². The SMILES string of the molecule is COc1cc(NC(=O)N2CC[C@@H](O)C2)cc(OC)c1C(C)C. The van der Waals surface area contributed by atoms with Gasteiger partial charge in [0.05, 0.1) is 20.3 Å². The molecule has 22 heavy (non-hydrogen) atoms. The maximum Gasteiger partial charge on any atom is 0.321 e. The number of amides is 2. The van der Waals surface area contributed by atoms with Crippen molar-refractivity contribution in [3.8, 4) is 11.5 Å². The van der Waals surface area contributed by atoms with Gasteiger partial charge in [-0.1, -0.05) is 13.8 Å². The molecule has 1 aliphatic heterocycles. The van der Waals surface area contributed by atoms with Crippen LogP contribution in [0, 0.1) is 0 Å². The minimum atomic E-state index is -0.432. The van der Waals surface area contributed by atoms with Crippen molar-refractivity contribution in [3.63, 3.8) is 0 Å². The van der Waals surface area contributed by atoms with Crippen molar-refractivity contribution >= 4 is 11.7 Å². The van der Waals surface area contributed by atoms with Crippen LogP contribution < -0.4 is 14.8 Å². The number of likely N-dealkylation sites (tertiary alicyclic amines) is 1. The first-order valence-corrected chi connectivity index (χ1v) is 7.46. The normalized spacial score (nSPS) is 17.7. The predicted octanol–water partition coefficient (Wildman–Crippen LogP) is 2.43. The Balaban J connectivity index is 2.22. The van der Waals surface area contributed by atoms with Gasteiger partial charge < -0.3 is 24.8 Å². The fourth-order valence-corrected chi connectivity index (χ4v) is 2.71. The summed E-state index contributed by atoms with van der Waals surface area (Å²) < 4.78 is 10.9. The van der Waals surface area contributed by atoms with Gasteiger partial charge in [-0.15, -0.1) is 0 Å². The van der Waals surface area contributed by atoms with Gasteiger partial charge in [0.2, 0.25) is 0 Å². The third-order valence-corrected chi connectivity index (χ3v) is 3.82. The lowest BCUT2D eigenvalue weighted by atomic mass is 10.00. The van der Waals surface area contributed by atoms with Gasteiger partial charge >= 0.3 is 6.03 Å². The third-order valence-electron chi connectivity index (χ3n) is 3.82. The molecule has 0 spiro atoms. The Hall–Kier alpha value is -1.95. The number of anilines is 1. The van der Waals surface area contributed by atoms with Crippen LogP contribution >= 0.6 is 0 Å². The number of aliphatic hydroxyl groups is 1. The molecule has 1 aromatic rings. The molecule has 0 aromatic heterocycles. The molecular formula is C16H24N2O4. The Morgan fingerprint density at radius 2 is 1.91 bits per heavy atom. The molecule has 1 heterocycles. The van der Waals surface area contributed by atoms with E-state index in [0.29, 0.717) is 36.7 Å². The van der Waals surface area contributed by atoms with Gasteiger partial charge in [0.25, 0.3) is 0 Å². The number of ether oxygens (including phenoxy) is 2. The molecule has 1 fully saturated rings. The lowest BCUT2D eigenvalue weighted by Gasteiger charge is -2.20. The highest BCUT2D eigenvalue weighted by Crippen LogP contribution is 2.38. The predicted molar refractivity (Wildman–Crippen MR) is 84.9 cm³/mol. The Labute approximate surface area is 131 Å². The molecule has 2 amide bonds. The first kappa shape index (κ1) is 16.4. The van der Waals surface area contributed by atoms with Crippen molar-refractivity contribution in [3.05, 3.63) is 17.7 Å². The summed E-state index contributed by atoms with van der Waals surface area (Å²) in [6.07, 6.45) is 0.185. The Bertz CT molecular complexity index is 520. The van der Waals surface area contributed by atoms with Crippen molar-refractivity contribution in [2.45, 2.75) is 32.3 Å². The fourth-order valence-electron chi connectivity index (χ4n) is 2.71. The van der Waals surface area contributed by atoms with Crippen LogP contribution in [0.1, 0.15) is 31.7 Å². The number of β-amino-alcohol motifs (C(OH)–C–C–N with tert-alkyl or cyclic N) is 1. The number of rotatable bonds is 4. The minimum Gasteiger partial charge on any atom is -0.496 e. The number of hydrogen-bond donors (Lipinski definition) is 2. The van der Waals surface area contributed by atoms with Crippen LogP contribution in [0.4, 0.5) is 10.5 Å². The highest BCUT2D eigenvalue weighted by Gasteiger charge is 2.25. The maximum absolute atomic E-state index is 12.2. The smallest absolute Gasteiger partial charge is 0.321 e. The minimum absolute atomic E-state index is 0.224. The number of nitrogens with zero attached hydrogens (tertiary/aromatic N) is 1. The average molecular weight is 308 g/mol. The number of methoxy groups -OCH3 is 2. The first-order chi connectivity index (χ1) is 10.5. The Kier molecular flexibility index (Phi) is 5.13. The summed E-state index contributed by atoms with van der Waals surface area (Å²) in [6, 6.07) is 3.36. The summed E-state index contributed by atoms with van der Waals surface area (Å²) in [5.41, 5.74) is 1.59. The van der Waals surface area contributed by atoms with E-state index in [1.807, 2.05) is 0 Å². The van der Waals surface area contributed by atoms with Crippen LogP contribution in [-0.2, 0) is 0 Å². The number of carbonyl (C=O) groups excluding carboxylic acids is 1. The quantitative estimate of drug-likeness (QED) is 0.896. The molecular weight excluding hydrogens is 284 g/mol. The molecule has 6 heteroatoms. The molecule has 0 aliphatic carbocycles. The number of benzene rings is 1. The second kappa shape index (κ2) is 6.87. The summed E-state index contributed by atoms with van der Waals surface area (Å²) in [7, 11) is 3.20. The second-order valence-electron chi connectivity index (χ2n) is 5.77. The number of aliphatic hydroxyl groups excluding tert-OH is 1. The highest BCUT2D eigenvalue weighted by atomic mass is 16.5. The van der Waals surface area contributed by atoms with Gasteiger partial charge in [-0.05, 0) is 12.3 Å². The number of hydrogen-bond acceptors (Lipinski definition) is 4. The number of nitrogens with one attached hydrogen (secondary N) is 1. The molecule has 1 atom stereocenters. The Morgan fingerprint density at radius 1 is 1.32 bits per heavy atom. The second-order valence-corrected chi connectivity index (χ2v) is 5.77. The van der Waals surface area contributed by atoms with Gasteiger partial charge in [0.15, 0.2) is 0 Å². The van der Waals surface area contributed by atoms with Crippen LogP contribution in [0.25, 0.3) is 0 Å². The van der Waals surface area contributed by atoms with Crippen LogP contribution in [0.15, 0.2) is 12.1 Å². The highest BCUT2D eigenvalue weighted by molar-refractivity contribution is 5.90. The zero-order valence-corrected chi connectivity index (χ0v) is 13.5. The number of urea groups is 1. The van der Waals surface area contributed by atoms with Crippen molar-refractivity contribution in [2.75, 3.05) is 32.6 Å². The summed E-state index contributed by atoms with van der Waals surface area (Å²) in [5.74, 6) is 1.61. The van der Waals surface area contributed by atoms with E-state index < -0.39 is 6.10 Å². The van der Waals surface area contributed by atoms with Gasteiger partial charge in [-0.3, -0.25) is 0 Å². The van der Waals surface area contributed by atoms with Gasteiger partial charge in [0.1, 0.15) is 11.5 Å². The molecule has 2 rings (SSSR count). The molecule has 0 saturated carbocycles. The van der Waals surface area contributed by atoms with E-state index >= 15 is 0 Å². The van der Waals surface area contributed by atoms with E-state index in [0.717, 1.165) is 5.56 Å². The molecule has 0 radical (unpaired) electrons. The lowest BCUT2D eigenvalue weighted by Crippen LogP contribution is -2.33. The molecule has 2 N–H and O–H groups in total. The van der Waals surface area contributed by atoms with E-state index in [1.165, 1.54) is 0 Å². The van der Waals surface area contributed by atoms with Gasteiger partial charge in [-0.25, -0.2) is 4.79 Å². The van der Waals surface area contributed by atoms with Gasteiger partial charge in [-0.2, -0.15) is 0 Å². The third kappa shape index (κ3) is 3.44. The summed E-state index contributed by atoms with van der Waals surface area (Å²) in [6.45, 7) is 5.05. The lowest BCUT2D eigenvalue weighted by molar-refractivity contribution is 0.176. The summed E-state index contributed by atoms with van der Waals surface area (Å²) >= 11 is 0. The zero-order valence-electron chi connectivity index (χ0n) is 13.5. The van der Waals surface area contributed by atoms with Crippen LogP contribution in [0.2, 0.25) is 0 Å². The van der Waals surface area contributed by atoms with E-state index in [9.17, 15) is 9.90 Å². The van der Waals surface area contributed by atoms with Crippen molar-refractivity contribution in [2.24, 2.45) is 0 Å². The van der Waals surface area contributed by atoms with E-state index in [2.05, 4.69) is 19.2 Å². The van der Waals surface area contributed by atoms with E-state index in [4.69, 9.17) is 9.47 Å². The average Bonchev–Trinajstić information content (AvgIpc) is 2.92. The number of carbonyl (C=O) groups is 1. The molecule has 6 nitrogen and oxygen atoms in total. The summed E-state index contributed by atoms with van der Waals surface area (Å²) in [4.78, 5) is 13.8. The van der Waals surface area contributed by atoms with Crippen molar-refractivity contribution in [1.82, 2.24) is 4.90 Å². The molecule has 0 bridgehead atoms. The van der Waals surface area contributed by atoms with Crippen molar-refractivity contribution in [1.29, 1.82) is 0 Å². The van der Waals surface area contributed by atoms with E-state index in [-0.39, 0.29) is 11.9 Å².